The van der Waals surface area contributed by atoms with Gasteiger partial charge in [0.15, 0.2) is 0 Å². The Bertz CT molecular complexity index is 489. The lowest BCUT2D eigenvalue weighted by atomic mass is 9.98. The van der Waals surface area contributed by atoms with Crippen molar-refractivity contribution in [1.29, 1.82) is 5.26 Å². The van der Waals surface area contributed by atoms with Crippen LogP contribution in [0.25, 0.3) is 0 Å². The van der Waals surface area contributed by atoms with Crippen molar-refractivity contribution in [2.45, 2.75) is 32.7 Å². The normalized spacial score (nSPS) is 18.7. The largest absolute Gasteiger partial charge is 0.316 e. The standard InChI is InChI=1S/C17H24FN3/c1-2-8-21(12-14-4-3-7-20-11-14)13-15-5-6-17(18)9-16(15)10-19/h5-6,9,14,20H,2-4,7-8,11-13H2,1H3. The molecule has 1 saturated heterocycles. The Morgan fingerprint density at radius 2 is 2.33 bits per heavy atom. The monoisotopic (exact) mass is 289 g/mol. The molecule has 1 unspecified atom stereocenters. The molecular formula is C17H24FN3. The van der Waals surface area contributed by atoms with E-state index in [0.29, 0.717) is 11.5 Å². The number of nitrogens with one attached hydrogen (secondary N) is 1. The summed E-state index contributed by atoms with van der Waals surface area (Å²) in [7, 11) is 0. The average Bonchev–Trinajstić information content (AvgIpc) is 2.50. The van der Waals surface area contributed by atoms with Gasteiger partial charge >= 0.3 is 0 Å². The molecule has 0 radical (unpaired) electrons. The van der Waals surface area contributed by atoms with Gasteiger partial charge < -0.3 is 5.32 Å². The van der Waals surface area contributed by atoms with E-state index in [-0.39, 0.29) is 5.82 Å². The van der Waals surface area contributed by atoms with Gasteiger partial charge in [-0.15, -0.1) is 0 Å². The summed E-state index contributed by atoms with van der Waals surface area (Å²) in [5, 5.41) is 12.6. The fourth-order valence-corrected chi connectivity index (χ4v) is 3.03. The number of hydrogen-bond donors (Lipinski definition) is 1. The van der Waals surface area contributed by atoms with Crippen molar-refractivity contribution in [3.8, 4) is 6.07 Å². The van der Waals surface area contributed by atoms with E-state index < -0.39 is 0 Å². The zero-order valence-corrected chi connectivity index (χ0v) is 12.7. The lowest BCUT2D eigenvalue weighted by molar-refractivity contribution is 0.201. The molecule has 0 spiro atoms. The summed E-state index contributed by atoms with van der Waals surface area (Å²) in [6.07, 6.45) is 3.59. The fraction of sp³-hybridized carbons (Fsp3) is 0.588. The van der Waals surface area contributed by atoms with E-state index in [2.05, 4.69) is 23.2 Å². The molecule has 4 heteroatoms. The average molecular weight is 289 g/mol. The molecule has 0 amide bonds. The molecule has 1 heterocycles. The number of hydrogen-bond acceptors (Lipinski definition) is 3. The van der Waals surface area contributed by atoms with Gasteiger partial charge in [0.1, 0.15) is 5.82 Å². The molecule has 0 aliphatic carbocycles. The van der Waals surface area contributed by atoms with Gasteiger partial charge in [-0.25, -0.2) is 4.39 Å². The zero-order chi connectivity index (χ0) is 15.1. The smallest absolute Gasteiger partial charge is 0.124 e. The first kappa shape index (κ1) is 15.9. The molecule has 1 aromatic rings. The number of benzene rings is 1. The maximum Gasteiger partial charge on any atom is 0.124 e. The van der Waals surface area contributed by atoms with Crippen molar-refractivity contribution in [2.75, 3.05) is 26.2 Å². The van der Waals surface area contributed by atoms with Crippen LogP contribution in [-0.2, 0) is 6.54 Å². The minimum Gasteiger partial charge on any atom is -0.316 e. The van der Waals surface area contributed by atoms with E-state index in [1.54, 1.807) is 6.07 Å². The van der Waals surface area contributed by atoms with E-state index in [9.17, 15) is 4.39 Å². The minimum absolute atomic E-state index is 0.339. The lowest BCUT2D eigenvalue weighted by Gasteiger charge is -2.30. The summed E-state index contributed by atoms with van der Waals surface area (Å²) in [5.41, 5.74) is 1.38. The van der Waals surface area contributed by atoms with Gasteiger partial charge in [-0.1, -0.05) is 13.0 Å². The molecule has 2 rings (SSSR count). The second-order valence-corrected chi connectivity index (χ2v) is 5.86. The molecule has 0 bridgehead atoms. The van der Waals surface area contributed by atoms with Gasteiger partial charge in [0, 0.05) is 13.1 Å². The molecule has 3 nitrogen and oxygen atoms in total. The second-order valence-electron chi connectivity index (χ2n) is 5.86. The molecular weight excluding hydrogens is 265 g/mol. The zero-order valence-electron chi connectivity index (χ0n) is 12.7. The van der Waals surface area contributed by atoms with Crippen LogP contribution in [0, 0.1) is 23.1 Å². The van der Waals surface area contributed by atoms with Crippen LogP contribution in [0.2, 0.25) is 0 Å². The predicted molar refractivity (Wildman–Crippen MR) is 82.3 cm³/mol. The van der Waals surface area contributed by atoms with E-state index in [1.807, 2.05) is 0 Å². The quantitative estimate of drug-likeness (QED) is 0.875. The third-order valence-electron chi connectivity index (χ3n) is 4.04. The topological polar surface area (TPSA) is 39.1 Å². The maximum absolute atomic E-state index is 13.2. The first-order valence-corrected chi connectivity index (χ1v) is 7.84. The van der Waals surface area contributed by atoms with Crippen molar-refractivity contribution < 1.29 is 4.39 Å². The molecule has 1 aliphatic rings. The van der Waals surface area contributed by atoms with Crippen molar-refractivity contribution in [2.24, 2.45) is 5.92 Å². The summed E-state index contributed by atoms with van der Waals surface area (Å²) in [4.78, 5) is 2.39. The molecule has 0 saturated carbocycles. The highest BCUT2D eigenvalue weighted by molar-refractivity contribution is 5.37. The number of piperidine rings is 1. The van der Waals surface area contributed by atoms with Crippen LogP contribution in [0.1, 0.15) is 37.3 Å². The summed E-state index contributed by atoms with van der Waals surface area (Å²) in [6, 6.07) is 6.64. The number of nitriles is 1. The van der Waals surface area contributed by atoms with Crippen LogP contribution in [0.5, 0.6) is 0 Å². The molecule has 0 aromatic heterocycles. The Kier molecular flexibility index (Phi) is 6.16. The number of halogens is 1. The van der Waals surface area contributed by atoms with Gasteiger partial charge in [-0.05, 0) is 62.5 Å². The van der Waals surface area contributed by atoms with Gasteiger partial charge in [-0.2, -0.15) is 5.26 Å². The van der Waals surface area contributed by atoms with Crippen molar-refractivity contribution >= 4 is 0 Å². The molecule has 1 aromatic carbocycles. The number of nitrogens with zero attached hydrogens (tertiary/aromatic N) is 2. The summed E-state index contributed by atoms with van der Waals surface area (Å²) < 4.78 is 13.2. The highest BCUT2D eigenvalue weighted by Crippen LogP contribution is 2.17. The molecule has 114 valence electrons. The molecule has 1 atom stereocenters. The van der Waals surface area contributed by atoms with Crippen molar-refractivity contribution in [3.63, 3.8) is 0 Å². The Labute approximate surface area is 126 Å². The highest BCUT2D eigenvalue weighted by atomic mass is 19.1. The van der Waals surface area contributed by atoms with Gasteiger partial charge in [-0.3, -0.25) is 4.90 Å². The van der Waals surface area contributed by atoms with Crippen LogP contribution in [0.15, 0.2) is 18.2 Å². The molecule has 21 heavy (non-hydrogen) atoms. The third kappa shape index (κ3) is 4.80. The Balaban J connectivity index is 2.03. The van der Waals surface area contributed by atoms with Crippen LogP contribution in [0.3, 0.4) is 0 Å². The Morgan fingerprint density at radius 3 is 3.00 bits per heavy atom. The minimum atomic E-state index is -0.339. The van der Waals surface area contributed by atoms with E-state index in [0.717, 1.165) is 44.7 Å². The van der Waals surface area contributed by atoms with Gasteiger partial charge in [0.25, 0.3) is 0 Å². The van der Waals surface area contributed by atoms with Gasteiger partial charge in [0.05, 0.1) is 11.6 Å². The van der Waals surface area contributed by atoms with Crippen LogP contribution in [-0.4, -0.2) is 31.1 Å². The molecule has 1 fully saturated rings. The van der Waals surface area contributed by atoms with Crippen LogP contribution < -0.4 is 5.32 Å². The third-order valence-corrected chi connectivity index (χ3v) is 4.04. The summed E-state index contributed by atoms with van der Waals surface area (Å²) in [6.45, 7) is 7.16. The predicted octanol–water partition coefficient (Wildman–Crippen LogP) is 2.91. The second kappa shape index (κ2) is 8.11. The van der Waals surface area contributed by atoms with Gasteiger partial charge in [0.2, 0.25) is 0 Å². The SMILES string of the molecule is CCCN(Cc1ccc(F)cc1C#N)CC1CCCNC1. The van der Waals surface area contributed by atoms with E-state index >= 15 is 0 Å². The van der Waals surface area contributed by atoms with Crippen molar-refractivity contribution in [3.05, 3.63) is 35.1 Å². The maximum atomic E-state index is 13.2. The summed E-state index contributed by atoms with van der Waals surface area (Å²) in [5.74, 6) is 0.338. The van der Waals surface area contributed by atoms with E-state index in [4.69, 9.17) is 5.26 Å². The Hall–Kier alpha value is -1.44. The highest BCUT2D eigenvalue weighted by Gasteiger charge is 2.17. The van der Waals surface area contributed by atoms with Crippen LogP contribution >= 0.6 is 0 Å². The summed E-state index contributed by atoms with van der Waals surface area (Å²) >= 11 is 0. The molecule has 1 aliphatic heterocycles. The first-order chi connectivity index (χ1) is 10.2. The van der Waals surface area contributed by atoms with Crippen LogP contribution in [0.4, 0.5) is 4.39 Å². The lowest BCUT2D eigenvalue weighted by Crippen LogP contribution is -2.38. The first-order valence-electron chi connectivity index (χ1n) is 7.84. The fourth-order valence-electron chi connectivity index (χ4n) is 3.03. The Morgan fingerprint density at radius 1 is 1.48 bits per heavy atom. The van der Waals surface area contributed by atoms with Crippen molar-refractivity contribution in [1.82, 2.24) is 10.2 Å². The van der Waals surface area contributed by atoms with E-state index in [1.165, 1.54) is 25.0 Å². The number of rotatable bonds is 6. The molecule has 1 N–H and O–H groups in total.